The van der Waals surface area contributed by atoms with E-state index in [2.05, 4.69) is 81.0 Å². The Morgan fingerprint density at radius 3 is 1.28 bits per heavy atom. The van der Waals surface area contributed by atoms with E-state index in [0.717, 1.165) is 0 Å². The molecule has 0 amide bonds. The molecule has 0 unspecified atom stereocenters. The lowest BCUT2D eigenvalue weighted by Crippen LogP contribution is -2.22. The summed E-state index contributed by atoms with van der Waals surface area (Å²) in [5.41, 5.74) is 3.30. The number of hydrogen-bond donors (Lipinski definition) is 0. The van der Waals surface area contributed by atoms with Gasteiger partial charge in [-0.05, 0) is 21.8 Å². The third-order valence-electron chi connectivity index (χ3n) is 3.13. The third-order valence-corrected chi connectivity index (χ3v) is 3.13. The maximum Gasteiger partial charge on any atom is -0.0132 e. The van der Waals surface area contributed by atoms with Crippen molar-refractivity contribution < 1.29 is 0 Å². The van der Waals surface area contributed by atoms with E-state index in [4.69, 9.17) is 0 Å². The van der Waals surface area contributed by atoms with Crippen molar-refractivity contribution in [2.24, 2.45) is 16.2 Å². The van der Waals surface area contributed by atoms with Crippen LogP contribution in [0.3, 0.4) is 0 Å². The van der Waals surface area contributed by atoms with E-state index in [1.165, 1.54) is 11.1 Å². The number of rotatable bonds is 2. The lowest BCUT2D eigenvalue weighted by Gasteiger charge is -2.34. The minimum atomic E-state index is 0.152. The van der Waals surface area contributed by atoms with Crippen molar-refractivity contribution in [2.45, 2.75) is 62.3 Å². The van der Waals surface area contributed by atoms with E-state index in [9.17, 15) is 0 Å². The molecule has 0 aliphatic carbocycles. The average Bonchev–Trinajstić information content (AvgIpc) is 2.05. The van der Waals surface area contributed by atoms with Crippen LogP contribution in [0.15, 0.2) is 36.0 Å². The molecule has 0 saturated carbocycles. The predicted molar refractivity (Wildman–Crippen MR) is 84.7 cm³/mol. The Hall–Kier alpha value is -0.780. The highest BCUT2D eigenvalue weighted by Gasteiger charge is 2.27. The first-order valence-electron chi connectivity index (χ1n) is 6.86. The topological polar surface area (TPSA) is 0 Å². The van der Waals surface area contributed by atoms with Crippen LogP contribution in [-0.4, -0.2) is 0 Å². The Bertz CT molecular complexity index is 327. The fourth-order valence-electron chi connectivity index (χ4n) is 2.42. The number of hydrogen-bond acceptors (Lipinski definition) is 0. The molecule has 0 aromatic carbocycles. The molecular formula is C18H32. The summed E-state index contributed by atoms with van der Waals surface area (Å²) in [6, 6.07) is 0. The van der Waals surface area contributed by atoms with Crippen LogP contribution in [0.5, 0.6) is 0 Å². The first kappa shape index (κ1) is 17.2. The molecule has 0 aliphatic heterocycles. The molecule has 104 valence electrons. The Labute approximate surface area is 115 Å². The zero-order valence-corrected chi connectivity index (χ0v) is 13.9. The second kappa shape index (κ2) is 5.47. The SMILES string of the molecule is C=CC(=CC=C(C(C)(C)C)C(C)(C)C)C(C)(C)C. The van der Waals surface area contributed by atoms with Gasteiger partial charge in [0, 0.05) is 0 Å². The van der Waals surface area contributed by atoms with Gasteiger partial charge in [-0.3, -0.25) is 0 Å². The second-order valence-electron chi connectivity index (χ2n) is 8.16. The van der Waals surface area contributed by atoms with E-state index in [0.29, 0.717) is 0 Å². The van der Waals surface area contributed by atoms with Crippen LogP contribution in [0.25, 0.3) is 0 Å². The average molecular weight is 248 g/mol. The first-order valence-corrected chi connectivity index (χ1v) is 6.86. The first-order chi connectivity index (χ1) is 7.80. The van der Waals surface area contributed by atoms with Crippen LogP contribution < -0.4 is 0 Å². The predicted octanol–water partition coefficient (Wildman–Crippen LogP) is 6.16. The minimum Gasteiger partial charge on any atom is -0.0988 e. The van der Waals surface area contributed by atoms with Gasteiger partial charge in [-0.1, -0.05) is 92.7 Å². The van der Waals surface area contributed by atoms with Crippen LogP contribution in [0.4, 0.5) is 0 Å². The molecule has 0 heteroatoms. The smallest absolute Gasteiger partial charge is 0.0132 e. The van der Waals surface area contributed by atoms with Gasteiger partial charge in [0.05, 0.1) is 0 Å². The molecule has 0 heterocycles. The van der Waals surface area contributed by atoms with Crippen molar-refractivity contribution in [1.82, 2.24) is 0 Å². The molecule has 0 radical (unpaired) electrons. The van der Waals surface area contributed by atoms with Crippen molar-refractivity contribution in [3.63, 3.8) is 0 Å². The standard InChI is InChI=1S/C18H32/c1-11-14(16(2,3)4)12-13-15(17(5,6)7)18(8,9)10/h11-13H,1H2,2-10H3. The summed E-state index contributed by atoms with van der Waals surface area (Å²) in [6.45, 7) is 24.3. The fraction of sp³-hybridized carbons (Fsp3) is 0.667. The van der Waals surface area contributed by atoms with E-state index < -0.39 is 0 Å². The highest BCUT2D eigenvalue weighted by Crippen LogP contribution is 2.39. The molecule has 18 heavy (non-hydrogen) atoms. The van der Waals surface area contributed by atoms with Crippen LogP contribution in [-0.2, 0) is 0 Å². The van der Waals surface area contributed by atoms with Crippen molar-refractivity contribution in [2.75, 3.05) is 0 Å². The van der Waals surface area contributed by atoms with Crippen molar-refractivity contribution in [1.29, 1.82) is 0 Å². The summed E-state index contributed by atoms with van der Waals surface area (Å²) in [6.07, 6.45) is 6.50. The van der Waals surface area contributed by atoms with Gasteiger partial charge >= 0.3 is 0 Å². The Balaban J connectivity index is 5.62. The quantitative estimate of drug-likeness (QED) is 0.513. The van der Waals surface area contributed by atoms with Gasteiger partial charge in [-0.15, -0.1) is 0 Å². The maximum absolute atomic E-state index is 3.93. The maximum atomic E-state index is 3.93. The van der Waals surface area contributed by atoms with Crippen LogP contribution >= 0.6 is 0 Å². The molecule has 0 fully saturated rings. The Kier molecular flexibility index (Phi) is 5.23. The van der Waals surface area contributed by atoms with E-state index in [-0.39, 0.29) is 16.2 Å². The third kappa shape index (κ3) is 5.25. The monoisotopic (exact) mass is 248 g/mol. The van der Waals surface area contributed by atoms with Gasteiger partial charge in [0.15, 0.2) is 0 Å². The molecule has 0 atom stereocenters. The summed E-state index contributed by atoms with van der Waals surface area (Å²) in [5.74, 6) is 0. The molecule has 0 nitrogen and oxygen atoms in total. The molecule has 0 rings (SSSR count). The zero-order chi connectivity index (χ0) is 14.8. The molecule has 0 bridgehead atoms. The highest BCUT2D eigenvalue weighted by atomic mass is 14.3. The lowest BCUT2D eigenvalue weighted by atomic mass is 9.71. The molecule has 0 aromatic heterocycles. The molecule has 0 spiro atoms. The molecule has 0 aliphatic rings. The van der Waals surface area contributed by atoms with E-state index in [1.54, 1.807) is 0 Å². The summed E-state index contributed by atoms with van der Waals surface area (Å²) in [7, 11) is 0. The summed E-state index contributed by atoms with van der Waals surface area (Å²) in [4.78, 5) is 0. The van der Waals surface area contributed by atoms with Crippen molar-refractivity contribution in [3.05, 3.63) is 36.0 Å². The van der Waals surface area contributed by atoms with E-state index in [1.807, 2.05) is 6.08 Å². The molecule has 0 aromatic rings. The van der Waals surface area contributed by atoms with Crippen molar-refractivity contribution >= 4 is 0 Å². The van der Waals surface area contributed by atoms with Crippen molar-refractivity contribution in [3.8, 4) is 0 Å². The van der Waals surface area contributed by atoms with Gasteiger partial charge < -0.3 is 0 Å². The largest absolute Gasteiger partial charge is 0.0988 e. The summed E-state index contributed by atoms with van der Waals surface area (Å²) < 4.78 is 0. The van der Waals surface area contributed by atoms with Gasteiger partial charge in [0.2, 0.25) is 0 Å². The molecular weight excluding hydrogens is 216 g/mol. The Morgan fingerprint density at radius 2 is 1.06 bits per heavy atom. The fourth-order valence-corrected chi connectivity index (χ4v) is 2.42. The van der Waals surface area contributed by atoms with Gasteiger partial charge in [0.25, 0.3) is 0 Å². The summed E-state index contributed by atoms with van der Waals surface area (Å²) in [5, 5.41) is 0. The van der Waals surface area contributed by atoms with Crippen LogP contribution in [0.2, 0.25) is 0 Å². The van der Waals surface area contributed by atoms with E-state index >= 15 is 0 Å². The van der Waals surface area contributed by atoms with Gasteiger partial charge in [-0.2, -0.15) is 0 Å². The van der Waals surface area contributed by atoms with Crippen LogP contribution in [0.1, 0.15) is 62.3 Å². The zero-order valence-electron chi connectivity index (χ0n) is 13.9. The second-order valence-corrected chi connectivity index (χ2v) is 8.16. The lowest BCUT2D eigenvalue weighted by molar-refractivity contribution is 0.362. The normalized spacial score (nSPS) is 14.4. The summed E-state index contributed by atoms with van der Waals surface area (Å²) >= 11 is 0. The van der Waals surface area contributed by atoms with Crippen LogP contribution in [0, 0.1) is 16.2 Å². The van der Waals surface area contributed by atoms with Gasteiger partial charge in [-0.25, -0.2) is 0 Å². The Morgan fingerprint density at radius 1 is 0.667 bits per heavy atom. The molecule has 0 saturated heterocycles. The molecule has 0 N–H and O–H groups in total. The highest BCUT2D eigenvalue weighted by molar-refractivity contribution is 5.32. The number of allylic oxidation sites excluding steroid dienone is 5. The van der Waals surface area contributed by atoms with Gasteiger partial charge in [0.1, 0.15) is 0 Å². The minimum absolute atomic E-state index is 0.152.